The number of fused-ring (bicyclic) bond motifs is 1. The zero-order valence-corrected chi connectivity index (χ0v) is 8.73. The first kappa shape index (κ1) is 8.08. The van der Waals surface area contributed by atoms with Gasteiger partial charge < -0.3 is 0 Å². The number of nitrogens with zero attached hydrogens (tertiary/aromatic N) is 2. The van der Waals surface area contributed by atoms with Crippen LogP contribution >= 0.6 is 22.7 Å². The third-order valence-electron chi connectivity index (χ3n) is 1.97. The lowest BCUT2D eigenvalue weighted by atomic mass is 10.2. The van der Waals surface area contributed by atoms with Crippen molar-refractivity contribution in [2.75, 3.05) is 0 Å². The molecule has 2 aromatic heterocycles. The molecule has 0 saturated carbocycles. The molecule has 0 aliphatic rings. The Labute approximate surface area is 88.9 Å². The number of hydrogen-bond donors (Lipinski definition) is 0. The van der Waals surface area contributed by atoms with Crippen LogP contribution in [0.5, 0.6) is 0 Å². The van der Waals surface area contributed by atoms with Crippen molar-refractivity contribution in [3.8, 4) is 10.6 Å². The van der Waals surface area contributed by atoms with Crippen molar-refractivity contribution in [2.24, 2.45) is 0 Å². The first-order valence-electron chi connectivity index (χ1n) is 4.10. The topological polar surface area (TPSA) is 25.8 Å². The van der Waals surface area contributed by atoms with Crippen molar-refractivity contribution >= 4 is 32.9 Å². The maximum absolute atomic E-state index is 4.29. The Morgan fingerprint density at radius 2 is 2.29 bits per heavy atom. The van der Waals surface area contributed by atoms with Gasteiger partial charge in [0.05, 0.1) is 10.2 Å². The summed E-state index contributed by atoms with van der Waals surface area (Å²) in [4.78, 5) is 8.52. The molecule has 1 aromatic carbocycles. The molecule has 0 atom stereocenters. The molecule has 14 heavy (non-hydrogen) atoms. The Bertz CT molecular complexity index is 554. The molecule has 1 radical (unpaired) electrons. The molecule has 2 nitrogen and oxygen atoms in total. The Morgan fingerprint density at radius 3 is 3.14 bits per heavy atom. The molecular weight excluding hydrogens is 212 g/mol. The van der Waals surface area contributed by atoms with Crippen molar-refractivity contribution in [3.05, 3.63) is 35.3 Å². The molecule has 0 aliphatic heterocycles. The van der Waals surface area contributed by atoms with Gasteiger partial charge in [-0.05, 0) is 12.1 Å². The van der Waals surface area contributed by atoms with E-state index in [0.717, 1.165) is 20.8 Å². The lowest BCUT2D eigenvalue weighted by Gasteiger charge is -1.96. The molecule has 4 heteroatoms. The Morgan fingerprint density at radius 1 is 1.29 bits per heavy atom. The maximum atomic E-state index is 4.29. The summed E-state index contributed by atoms with van der Waals surface area (Å²) in [5.41, 5.74) is 5.02. The second kappa shape index (κ2) is 3.15. The summed E-state index contributed by atoms with van der Waals surface area (Å²) in [6.45, 7) is 0. The molecule has 0 aliphatic carbocycles. The minimum Gasteiger partial charge on any atom is -0.244 e. The SMILES string of the molecule is [c]1nc2c(-c3nccs3)cccc2s1. The summed E-state index contributed by atoms with van der Waals surface area (Å²) in [5.74, 6) is 0. The minimum atomic E-state index is 1.01. The quantitative estimate of drug-likeness (QED) is 0.625. The van der Waals surface area contributed by atoms with Gasteiger partial charge in [-0.15, -0.1) is 22.7 Å². The summed E-state index contributed by atoms with van der Waals surface area (Å²) < 4.78 is 1.16. The molecule has 3 rings (SSSR count). The molecule has 0 spiro atoms. The van der Waals surface area contributed by atoms with Crippen LogP contribution in [0, 0.1) is 5.51 Å². The first-order chi connectivity index (χ1) is 6.95. The number of aromatic nitrogens is 2. The van der Waals surface area contributed by atoms with Crippen molar-refractivity contribution in [1.29, 1.82) is 0 Å². The van der Waals surface area contributed by atoms with E-state index in [0.29, 0.717) is 0 Å². The van der Waals surface area contributed by atoms with Gasteiger partial charge in [0.2, 0.25) is 0 Å². The lowest BCUT2D eigenvalue weighted by molar-refractivity contribution is 1.41. The highest BCUT2D eigenvalue weighted by molar-refractivity contribution is 7.16. The van der Waals surface area contributed by atoms with Crippen molar-refractivity contribution in [1.82, 2.24) is 9.97 Å². The molecule has 0 saturated heterocycles. The summed E-state index contributed by atoms with van der Waals surface area (Å²) in [7, 11) is 0. The van der Waals surface area contributed by atoms with Gasteiger partial charge in [0.25, 0.3) is 0 Å². The van der Waals surface area contributed by atoms with E-state index in [9.17, 15) is 0 Å². The van der Waals surface area contributed by atoms with Gasteiger partial charge in [0.15, 0.2) is 5.51 Å². The highest BCUT2D eigenvalue weighted by atomic mass is 32.1. The summed E-state index contributed by atoms with van der Waals surface area (Å²) >= 11 is 3.17. The van der Waals surface area contributed by atoms with E-state index < -0.39 is 0 Å². The van der Waals surface area contributed by atoms with E-state index in [1.54, 1.807) is 11.3 Å². The van der Waals surface area contributed by atoms with Gasteiger partial charge in [0.1, 0.15) is 5.01 Å². The second-order valence-electron chi connectivity index (χ2n) is 2.79. The minimum absolute atomic E-state index is 1.01. The molecule has 0 bridgehead atoms. The van der Waals surface area contributed by atoms with E-state index in [1.165, 1.54) is 11.3 Å². The molecular formula is C10H5N2S2. The number of thiazole rings is 2. The molecule has 0 unspecified atom stereocenters. The Kier molecular flexibility index (Phi) is 1.82. The van der Waals surface area contributed by atoms with Crippen LogP contribution in [0.2, 0.25) is 0 Å². The zero-order valence-electron chi connectivity index (χ0n) is 7.10. The van der Waals surface area contributed by atoms with Crippen LogP contribution in [-0.2, 0) is 0 Å². The smallest absolute Gasteiger partial charge is 0.153 e. The average molecular weight is 217 g/mol. The van der Waals surface area contributed by atoms with Crippen LogP contribution in [0.1, 0.15) is 0 Å². The van der Waals surface area contributed by atoms with Gasteiger partial charge in [-0.25, -0.2) is 9.97 Å². The van der Waals surface area contributed by atoms with Crippen LogP contribution < -0.4 is 0 Å². The van der Waals surface area contributed by atoms with Crippen LogP contribution in [0.15, 0.2) is 29.8 Å². The monoisotopic (exact) mass is 217 g/mol. The van der Waals surface area contributed by atoms with Crippen molar-refractivity contribution in [3.63, 3.8) is 0 Å². The van der Waals surface area contributed by atoms with Gasteiger partial charge in [-0.1, -0.05) is 6.07 Å². The molecule has 0 N–H and O–H groups in total. The molecule has 3 aromatic rings. The third-order valence-corrected chi connectivity index (χ3v) is 3.51. The van der Waals surface area contributed by atoms with Crippen LogP contribution in [0.4, 0.5) is 0 Å². The van der Waals surface area contributed by atoms with Crippen LogP contribution in [-0.4, -0.2) is 9.97 Å². The Hall–Kier alpha value is -1.26. The lowest BCUT2D eigenvalue weighted by Crippen LogP contribution is -1.77. The summed E-state index contributed by atoms with van der Waals surface area (Å²) in [6, 6.07) is 6.14. The highest BCUT2D eigenvalue weighted by Crippen LogP contribution is 2.30. The van der Waals surface area contributed by atoms with Gasteiger partial charge in [-0.3, -0.25) is 0 Å². The fourth-order valence-electron chi connectivity index (χ4n) is 1.37. The number of para-hydroxylation sites is 1. The van der Waals surface area contributed by atoms with Crippen LogP contribution in [0.25, 0.3) is 20.8 Å². The van der Waals surface area contributed by atoms with E-state index in [4.69, 9.17) is 0 Å². The Balaban J connectivity index is 2.36. The molecule has 0 fully saturated rings. The standard InChI is InChI=1S/C10H5N2S2/c1-2-7(10-11-4-5-13-10)9-8(3-1)14-6-12-9/h1-5H. The number of rotatable bonds is 1. The van der Waals surface area contributed by atoms with Gasteiger partial charge in [-0.2, -0.15) is 0 Å². The fourth-order valence-corrected chi connectivity index (χ4v) is 2.66. The predicted molar refractivity (Wildman–Crippen MR) is 59.6 cm³/mol. The average Bonchev–Trinajstić information content (AvgIpc) is 2.88. The molecule has 67 valence electrons. The molecule has 2 heterocycles. The van der Waals surface area contributed by atoms with E-state index in [2.05, 4.69) is 27.6 Å². The largest absolute Gasteiger partial charge is 0.244 e. The predicted octanol–water partition coefficient (Wildman–Crippen LogP) is 3.22. The molecule has 0 amide bonds. The summed E-state index contributed by atoms with van der Waals surface area (Å²) in [5, 5.41) is 3.00. The number of benzene rings is 1. The van der Waals surface area contributed by atoms with Gasteiger partial charge >= 0.3 is 0 Å². The second-order valence-corrected chi connectivity index (χ2v) is 4.52. The zero-order chi connectivity index (χ0) is 9.38. The van der Waals surface area contributed by atoms with Crippen molar-refractivity contribution < 1.29 is 0 Å². The number of hydrogen-bond acceptors (Lipinski definition) is 4. The fraction of sp³-hybridized carbons (Fsp3) is 0. The highest BCUT2D eigenvalue weighted by Gasteiger charge is 2.07. The normalized spacial score (nSPS) is 10.9. The van der Waals surface area contributed by atoms with Crippen LogP contribution in [0.3, 0.4) is 0 Å². The maximum Gasteiger partial charge on any atom is 0.153 e. The first-order valence-corrected chi connectivity index (χ1v) is 5.80. The van der Waals surface area contributed by atoms with E-state index in [-0.39, 0.29) is 0 Å². The van der Waals surface area contributed by atoms with E-state index >= 15 is 0 Å². The van der Waals surface area contributed by atoms with Gasteiger partial charge in [0, 0.05) is 17.1 Å². The third kappa shape index (κ3) is 1.15. The van der Waals surface area contributed by atoms with E-state index in [1.807, 2.05) is 17.6 Å². The van der Waals surface area contributed by atoms with Crippen molar-refractivity contribution in [2.45, 2.75) is 0 Å². The summed E-state index contributed by atoms with van der Waals surface area (Å²) in [6.07, 6.45) is 1.81.